The van der Waals surface area contributed by atoms with Gasteiger partial charge in [0.1, 0.15) is 11.9 Å². The molecular formula is C24H30N6O3. The topological polar surface area (TPSA) is 114 Å². The lowest BCUT2D eigenvalue weighted by atomic mass is 9.99. The van der Waals surface area contributed by atoms with Crippen molar-refractivity contribution in [3.8, 4) is 0 Å². The van der Waals surface area contributed by atoms with Crippen molar-refractivity contribution in [3.05, 3.63) is 53.5 Å². The smallest absolute Gasteiger partial charge is 0.320 e. The molecule has 5 rings (SSSR count). The third-order valence-corrected chi connectivity index (χ3v) is 6.66. The highest BCUT2D eigenvalue weighted by Gasteiger charge is 2.36. The van der Waals surface area contributed by atoms with Gasteiger partial charge in [0.25, 0.3) is 0 Å². The summed E-state index contributed by atoms with van der Waals surface area (Å²) in [5, 5.41) is 16.5. The Kier molecular flexibility index (Phi) is 6.04. The summed E-state index contributed by atoms with van der Waals surface area (Å²) >= 11 is 0. The number of carbonyl (C=O) groups is 2. The van der Waals surface area contributed by atoms with E-state index in [9.17, 15) is 14.7 Å². The highest BCUT2D eigenvalue weighted by atomic mass is 16.4. The van der Waals surface area contributed by atoms with Gasteiger partial charge < -0.3 is 25.2 Å². The summed E-state index contributed by atoms with van der Waals surface area (Å²) in [6.07, 6.45) is 8.46. The molecule has 0 saturated carbocycles. The molecule has 2 atom stereocenters. The highest BCUT2D eigenvalue weighted by molar-refractivity contribution is 5.79. The normalized spacial score (nSPS) is 21.5. The van der Waals surface area contributed by atoms with Crippen molar-refractivity contribution in [1.29, 1.82) is 0 Å². The Hall–Kier alpha value is -3.33. The number of dihydropyridines is 1. The first-order chi connectivity index (χ1) is 16.1. The molecule has 2 aromatic rings. The second-order valence-corrected chi connectivity index (χ2v) is 8.89. The van der Waals surface area contributed by atoms with Crippen molar-refractivity contribution in [2.24, 2.45) is 0 Å². The summed E-state index contributed by atoms with van der Waals surface area (Å²) in [4.78, 5) is 36.0. The molecule has 1 aromatic carbocycles. The Bertz CT molecular complexity index is 1070. The van der Waals surface area contributed by atoms with Crippen LogP contribution in [0.15, 0.2) is 47.7 Å². The zero-order valence-corrected chi connectivity index (χ0v) is 18.6. The molecule has 0 aliphatic carbocycles. The van der Waals surface area contributed by atoms with Crippen molar-refractivity contribution in [1.82, 2.24) is 30.4 Å². The molecule has 174 valence electrons. The molecule has 1 aromatic heterocycles. The standard InChI is InChI=1S/C24H30N6O3/c31-21(32)15-20(23-27-18-7-1-2-8-19(18)28-23)30-14-13-29(24(30)33)12-4-6-17-10-9-16-5-3-11-25-22(16)26-17/h1-2,7-10,20,22,25-26H,3-6,11-15H2,(H,27,28)(H,31,32)/t20-,22?/m0/s1. The Morgan fingerprint density at radius 3 is 2.97 bits per heavy atom. The fraction of sp³-hybridized carbons (Fsp3) is 0.458. The zero-order valence-electron chi connectivity index (χ0n) is 18.6. The first-order valence-corrected chi connectivity index (χ1v) is 11.7. The fourth-order valence-corrected chi connectivity index (χ4v) is 4.94. The number of aliphatic carboxylic acids is 1. The largest absolute Gasteiger partial charge is 0.481 e. The Balaban J connectivity index is 1.21. The van der Waals surface area contributed by atoms with Gasteiger partial charge in [-0.05, 0) is 56.0 Å². The average Bonchev–Trinajstić information content (AvgIpc) is 3.41. The van der Waals surface area contributed by atoms with Gasteiger partial charge in [-0.2, -0.15) is 0 Å². The number of amides is 2. The van der Waals surface area contributed by atoms with Crippen molar-refractivity contribution in [3.63, 3.8) is 0 Å². The predicted molar refractivity (Wildman–Crippen MR) is 124 cm³/mol. The average molecular weight is 451 g/mol. The van der Waals surface area contributed by atoms with Crippen molar-refractivity contribution in [2.45, 2.75) is 44.3 Å². The number of carboxylic acids is 1. The molecule has 3 aliphatic heterocycles. The first-order valence-electron chi connectivity index (χ1n) is 11.7. The third-order valence-electron chi connectivity index (χ3n) is 6.66. The van der Waals surface area contributed by atoms with Gasteiger partial charge in [-0.1, -0.05) is 18.2 Å². The number of aromatic nitrogens is 2. The fourth-order valence-electron chi connectivity index (χ4n) is 4.94. The SMILES string of the molecule is O=C(O)C[C@@H](c1nc2ccccc2[nH]1)N1CCN(CCCC2=CC=C3CCCNC3N2)C1=O. The molecule has 1 unspecified atom stereocenters. The van der Waals surface area contributed by atoms with Crippen LogP contribution < -0.4 is 10.6 Å². The molecule has 9 nitrogen and oxygen atoms in total. The van der Waals surface area contributed by atoms with Gasteiger partial charge in [0.2, 0.25) is 0 Å². The van der Waals surface area contributed by atoms with E-state index >= 15 is 0 Å². The number of urea groups is 1. The number of imidazole rings is 1. The minimum atomic E-state index is -0.953. The van der Waals surface area contributed by atoms with E-state index in [1.54, 1.807) is 4.90 Å². The first kappa shape index (κ1) is 21.5. The number of H-pyrrole nitrogens is 1. The summed E-state index contributed by atoms with van der Waals surface area (Å²) in [5.74, 6) is -0.432. The van der Waals surface area contributed by atoms with E-state index in [0.717, 1.165) is 36.8 Å². The highest BCUT2D eigenvalue weighted by Crippen LogP contribution is 2.28. The lowest BCUT2D eigenvalue weighted by molar-refractivity contribution is -0.138. The van der Waals surface area contributed by atoms with Gasteiger partial charge in [0.15, 0.2) is 0 Å². The summed E-state index contributed by atoms with van der Waals surface area (Å²) < 4.78 is 0. The van der Waals surface area contributed by atoms with Crippen molar-refractivity contribution in [2.75, 3.05) is 26.2 Å². The molecule has 0 bridgehead atoms. The summed E-state index contributed by atoms with van der Waals surface area (Å²) in [6.45, 7) is 2.76. The minimum Gasteiger partial charge on any atom is -0.481 e. The molecule has 3 aliphatic rings. The van der Waals surface area contributed by atoms with Crippen LogP contribution in [0.3, 0.4) is 0 Å². The van der Waals surface area contributed by atoms with Gasteiger partial charge in [-0.3, -0.25) is 10.1 Å². The predicted octanol–water partition coefficient (Wildman–Crippen LogP) is 2.72. The number of aromatic amines is 1. The number of carbonyl (C=O) groups excluding carboxylic acids is 1. The van der Waals surface area contributed by atoms with E-state index in [1.807, 2.05) is 29.2 Å². The van der Waals surface area contributed by atoms with Crippen LogP contribution in [-0.4, -0.2) is 69.2 Å². The number of hydrogen-bond donors (Lipinski definition) is 4. The quantitative estimate of drug-likeness (QED) is 0.492. The van der Waals surface area contributed by atoms with E-state index in [2.05, 4.69) is 32.8 Å². The van der Waals surface area contributed by atoms with E-state index in [4.69, 9.17) is 0 Å². The summed E-state index contributed by atoms with van der Waals surface area (Å²) in [5.41, 5.74) is 4.20. The number of allylic oxidation sites excluding steroid dienone is 3. The number of nitrogens with zero attached hydrogens (tertiary/aromatic N) is 3. The van der Waals surface area contributed by atoms with Crippen LogP contribution >= 0.6 is 0 Å². The molecule has 4 heterocycles. The Labute approximate surface area is 192 Å². The number of piperidine rings is 1. The molecule has 4 N–H and O–H groups in total. The lowest BCUT2D eigenvalue weighted by Gasteiger charge is -2.32. The molecule has 0 spiro atoms. The number of para-hydroxylation sites is 2. The number of fused-ring (bicyclic) bond motifs is 2. The Morgan fingerprint density at radius 1 is 1.24 bits per heavy atom. The second-order valence-electron chi connectivity index (χ2n) is 8.89. The number of rotatable bonds is 8. The maximum Gasteiger partial charge on any atom is 0.320 e. The Morgan fingerprint density at radius 2 is 2.12 bits per heavy atom. The number of carboxylic acid groups (broad SMARTS) is 1. The molecule has 0 radical (unpaired) electrons. The van der Waals surface area contributed by atoms with E-state index in [0.29, 0.717) is 25.5 Å². The molecule has 33 heavy (non-hydrogen) atoms. The van der Waals surface area contributed by atoms with Crippen LogP contribution in [0.1, 0.15) is 44.0 Å². The molecular weight excluding hydrogens is 420 g/mol. The second kappa shape index (κ2) is 9.27. The van der Waals surface area contributed by atoms with E-state index in [1.165, 1.54) is 17.7 Å². The zero-order chi connectivity index (χ0) is 22.8. The number of hydrogen-bond acceptors (Lipinski definition) is 5. The van der Waals surface area contributed by atoms with Gasteiger partial charge >= 0.3 is 12.0 Å². The lowest BCUT2D eigenvalue weighted by Crippen LogP contribution is -2.47. The van der Waals surface area contributed by atoms with Gasteiger partial charge in [0.05, 0.1) is 23.6 Å². The van der Waals surface area contributed by atoms with Crippen LogP contribution in [0.2, 0.25) is 0 Å². The van der Waals surface area contributed by atoms with Crippen molar-refractivity contribution >= 4 is 23.0 Å². The van der Waals surface area contributed by atoms with E-state index < -0.39 is 12.0 Å². The third kappa shape index (κ3) is 4.59. The molecule has 2 amide bonds. The maximum absolute atomic E-state index is 13.2. The van der Waals surface area contributed by atoms with Crippen LogP contribution in [0, 0.1) is 0 Å². The number of benzene rings is 1. The van der Waals surface area contributed by atoms with Crippen LogP contribution in [-0.2, 0) is 4.79 Å². The monoisotopic (exact) mass is 450 g/mol. The minimum absolute atomic E-state index is 0.122. The molecule has 9 heteroatoms. The molecule has 2 saturated heterocycles. The molecule has 2 fully saturated rings. The summed E-state index contributed by atoms with van der Waals surface area (Å²) in [6, 6.07) is 6.83. The number of nitrogens with one attached hydrogen (secondary N) is 3. The van der Waals surface area contributed by atoms with E-state index in [-0.39, 0.29) is 18.6 Å². The van der Waals surface area contributed by atoms with Gasteiger partial charge in [-0.15, -0.1) is 0 Å². The summed E-state index contributed by atoms with van der Waals surface area (Å²) in [7, 11) is 0. The van der Waals surface area contributed by atoms with Crippen LogP contribution in [0.4, 0.5) is 4.79 Å². The van der Waals surface area contributed by atoms with Crippen molar-refractivity contribution < 1.29 is 14.7 Å². The maximum atomic E-state index is 13.2. The van der Waals surface area contributed by atoms with Crippen LogP contribution in [0.25, 0.3) is 11.0 Å². The van der Waals surface area contributed by atoms with Gasteiger partial charge in [0, 0.05) is 25.3 Å². The van der Waals surface area contributed by atoms with Crippen LogP contribution in [0.5, 0.6) is 0 Å². The van der Waals surface area contributed by atoms with Gasteiger partial charge in [-0.25, -0.2) is 9.78 Å².